The van der Waals surface area contributed by atoms with E-state index >= 15 is 0 Å². The molecule has 23 heavy (non-hydrogen) atoms. The van der Waals surface area contributed by atoms with E-state index in [-0.39, 0.29) is 11.5 Å². The highest BCUT2D eigenvalue weighted by molar-refractivity contribution is 14.1. The van der Waals surface area contributed by atoms with E-state index in [2.05, 4.69) is 28.0 Å². The van der Waals surface area contributed by atoms with Gasteiger partial charge in [0.05, 0.1) is 5.69 Å². The minimum atomic E-state index is -0.397. The fourth-order valence-corrected chi connectivity index (χ4v) is 2.53. The number of rotatable bonds is 3. The average molecular weight is 416 g/mol. The minimum absolute atomic E-state index is 0.121. The van der Waals surface area contributed by atoms with Gasteiger partial charge in [-0.15, -0.1) is 0 Å². The lowest BCUT2D eigenvalue weighted by Crippen LogP contribution is -2.35. The largest absolute Gasteiger partial charge is 0.282 e. The Balaban J connectivity index is 1.80. The van der Waals surface area contributed by atoms with Gasteiger partial charge in [-0.2, -0.15) is 0 Å². The summed E-state index contributed by atoms with van der Waals surface area (Å²) in [6, 6.07) is 17.0. The average Bonchev–Trinajstić information content (AvgIpc) is 2.85. The number of benzene rings is 2. The molecule has 0 atom stereocenters. The van der Waals surface area contributed by atoms with Crippen molar-refractivity contribution < 1.29 is 9.59 Å². The highest BCUT2D eigenvalue weighted by Gasteiger charge is 2.33. The maximum atomic E-state index is 12.4. The molecule has 1 aliphatic heterocycles. The SMILES string of the molecule is O=C1NN(c2ccc(I)cc2)C(=O)C1=CC=Cc1ccccc1. The summed E-state index contributed by atoms with van der Waals surface area (Å²) in [4.78, 5) is 24.4. The standard InChI is InChI=1S/C18H13IN2O2/c19-14-9-11-15(12-10-14)21-18(23)16(17(22)20-21)8-4-7-13-5-2-1-3-6-13/h1-12H,(H,20,22). The zero-order valence-corrected chi connectivity index (χ0v) is 14.2. The van der Waals surface area contributed by atoms with E-state index < -0.39 is 5.91 Å². The molecule has 0 saturated carbocycles. The number of carbonyl (C=O) groups excluding carboxylic acids is 2. The zero-order chi connectivity index (χ0) is 16.2. The van der Waals surface area contributed by atoms with Crippen LogP contribution < -0.4 is 10.4 Å². The van der Waals surface area contributed by atoms with Crippen molar-refractivity contribution in [2.75, 3.05) is 5.01 Å². The third-order valence-electron chi connectivity index (χ3n) is 3.33. The third kappa shape index (κ3) is 3.50. The van der Waals surface area contributed by atoms with Crippen molar-refractivity contribution >= 4 is 46.2 Å². The van der Waals surface area contributed by atoms with Gasteiger partial charge >= 0.3 is 0 Å². The lowest BCUT2D eigenvalue weighted by Gasteiger charge is -2.14. The molecule has 1 fully saturated rings. The van der Waals surface area contributed by atoms with Crippen molar-refractivity contribution in [2.24, 2.45) is 0 Å². The smallest absolute Gasteiger partial charge is 0.267 e. The van der Waals surface area contributed by atoms with Crippen LogP contribution in [0.4, 0.5) is 5.69 Å². The van der Waals surface area contributed by atoms with Crippen LogP contribution in [0, 0.1) is 3.57 Å². The molecule has 2 aromatic rings. The lowest BCUT2D eigenvalue weighted by atomic mass is 10.2. The first-order valence-corrected chi connectivity index (χ1v) is 8.07. The summed E-state index contributed by atoms with van der Waals surface area (Å²) in [7, 11) is 0. The van der Waals surface area contributed by atoms with E-state index in [0.717, 1.165) is 9.13 Å². The van der Waals surface area contributed by atoms with Gasteiger partial charge in [0.2, 0.25) is 0 Å². The summed E-state index contributed by atoms with van der Waals surface area (Å²) in [5.41, 5.74) is 4.34. The number of halogens is 1. The molecular weight excluding hydrogens is 403 g/mol. The first-order valence-electron chi connectivity index (χ1n) is 6.99. The maximum Gasteiger partial charge on any atom is 0.282 e. The first-order chi connectivity index (χ1) is 11.1. The van der Waals surface area contributed by atoms with Crippen LogP contribution in [0.2, 0.25) is 0 Å². The molecule has 3 rings (SSSR count). The molecule has 0 aromatic heterocycles. The summed E-state index contributed by atoms with van der Waals surface area (Å²) in [6.45, 7) is 0. The number of nitrogens with zero attached hydrogens (tertiary/aromatic N) is 1. The van der Waals surface area contributed by atoms with Gasteiger partial charge in [-0.1, -0.05) is 42.5 Å². The molecule has 2 aromatic carbocycles. The van der Waals surface area contributed by atoms with Crippen molar-refractivity contribution in [2.45, 2.75) is 0 Å². The quantitative estimate of drug-likeness (QED) is 0.474. The van der Waals surface area contributed by atoms with Crippen molar-refractivity contribution in [3.8, 4) is 0 Å². The molecule has 0 radical (unpaired) electrons. The second-order valence-corrected chi connectivity index (χ2v) is 6.15. The van der Waals surface area contributed by atoms with Crippen LogP contribution in [0.15, 0.2) is 72.3 Å². The number of anilines is 1. The van der Waals surface area contributed by atoms with Gasteiger partial charge in [-0.3, -0.25) is 15.0 Å². The predicted octanol–water partition coefficient (Wildman–Crippen LogP) is 3.31. The topological polar surface area (TPSA) is 49.4 Å². The van der Waals surface area contributed by atoms with E-state index in [4.69, 9.17) is 0 Å². The highest BCUT2D eigenvalue weighted by atomic mass is 127. The monoisotopic (exact) mass is 416 g/mol. The molecule has 0 spiro atoms. The number of hydrogen-bond acceptors (Lipinski definition) is 2. The van der Waals surface area contributed by atoms with Crippen molar-refractivity contribution in [1.82, 2.24) is 5.43 Å². The maximum absolute atomic E-state index is 12.4. The number of allylic oxidation sites excluding steroid dienone is 2. The first kappa shape index (κ1) is 15.5. The summed E-state index contributed by atoms with van der Waals surface area (Å²) >= 11 is 2.19. The Kier molecular flexibility index (Phi) is 4.57. The van der Waals surface area contributed by atoms with Crippen LogP contribution in [-0.2, 0) is 9.59 Å². The molecule has 0 aliphatic carbocycles. The van der Waals surface area contributed by atoms with Gasteiger partial charge < -0.3 is 0 Å². The Labute approximate surface area is 147 Å². The van der Waals surface area contributed by atoms with Gasteiger partial charge in [0.1, 0.15) is 5.57 Å². The van der Waals surface area contributed by atoms with Crippen molar-refractivity contribution in [3.05, 3.63) is 81.5 Å². The predicted molar refractivity (Wildman–Crippen MR) is 98.3 cm³/mol. The number of hydrogen-bond donors (Lipinski definition) is 1. The normalized spacial score (nSPS) is 16.4. The summed E-state index contributed by atoms with van der Waals surface area (Å²) < 4.78 is 1.06. The van der Waals surface area contributed by atoms with Crippen molar-refractivity contribution in [1.29, 1.82) is 0 Å². The molecule has 114 valence electrons. The molecule has 0 unspecified atom stereocenters. The van der Waals surface area contributed by atoms with E-state index in [1.807, 2.05) is 48.5 Å². The lowest BCUT2D eigenvalue weighted by molar-refractivity contribution is -0.117. The van der Waals surface area contributed by atoms with E-state index in [0.29, 0.717) is 5.69 Å². The van der Waals surface area contributed by atoms with E-state index in [9.17, 15) is 9.59 Å². The number of nitrogens with one attached hydrogen (secondary N) is 1. The van der Waals surface area contributed by atoms with Crippen LogP contribution in [0.5, 0.6) is 0 Å². The van der Waals surface area contributed by atoms with Crippen LogP contribution in [0.3, 0.4) is 0 Å². The molecule has 1 aliphatic rings. The Morgan fingerprint density at radius 2 is 1.65 bits per heavy atom. The van der Waals surface area contributed by atoms with Crippen molar-refractivity contribution in [3.63, 3.8) is 0 Å². The minimum Gasteiger partial charge on any atom is -0.267 e. The second-order valence-electron chi connectivity index (χ2n) is 4.91. The van der Waals surface area contributed by atoms with Crippen LogP contribution >= 0.6 is 22.6 Å². The molecular formula is C18H13IN2O2. The van der Waals surface area contributed by atoms with Gasteiger partial charge in [0.15, 0.2) is 0 Å². The van der Waals surface area contributed by atoms with Gasteiger partial charge in [-0.05, 0) is 58.5 Å². The fourth-order valence-electron chi connectivity index (χ4n) is 2.17. The summed E-state index contributed by atoms with van der Waals surface area (Å²) in [5.74, 6) is -0.750. The Morgan fingerprint density at radius 3 is 2.35 bits per heavy atom. The van der Waals surface area contributed by atoms with Gasteiger partial charge in [-0.25, -0.2) is 5.01 Å². The summed E-state index contributed by atoms with van der Waals surface area (Å²) in [6.07, 6.45) is 5.10. The van der Waals surface area contributed by atoms with E-state index in [1.54, 1.807) is 18.2 Å². The molecule has 4 nitrogen and oxygen atoms in total. The van der Waals surface area contributed by atoms with Gasteiger partial charge in [0, 0.05) is 3.57 Å². The molecule has 1 heterocycles. The number of amides is 2. The Morgan fingerprint density at radius 1 is 0.957 bits per heavy atom. The second kappa shape index (κ2) is 6.78. The number of carbonyl (C=O) groups is 2. The third-order valence-corrected chi connectivity index (χ3v) is 4.05. The summed E-state index contributed by atoms with van der Waals surface area (Å²) in [5, 5.41) is 1.26. The van der Waals surface area contributed by atoms with E-state index in [1.165, 1.54) is 11.1 Å². The zero-order valence-electron chi connectivity index (χ0n) is 12.1. The molecule has 1 saturated heterocycles. The number of hydrazine groups is 1. The Hall–Kier alpha value is -2.41. The molecule has 0 bridgehead atoms. The molecule has 1 N–H and O–H groups in total. The molecule has 2 amide bonds. The van der Waals surface area contributed by atoms with Crippen LogP contribution in [0.1, 0.15) is 5.56 Å². The Bertz CT molecular complexity index is 796. The molecule has 5 heteroatoms. The van der Waals surface area contributed by atoms with Gasteiger partial charge in [0.25, 0.3) is 11.8 Å². The van der Waals surface area contributed by atoms with Crippen LogP contribution in [0.25, 0.3) is 6.08 Å². The fraction of sp³-hybridized carbons (Fsp3) is 0. The highest BCUT2D eigenvalue weighted by Crippen LogP contribution is 2.21. The van der Waals surface area contributed by atoms with Crippen LogP contribution in [-0.4, -0.2) is 11.8 Å².